The average Bonchev–Trinajstić information content (AvgIpc) is 2.98. The van der Waals surface area contributed by atoms with Crippen LogP contribution in [0.1, 0.15) is 0 Å². The monoisotopic (exact) mass is 640 g/mol. The third kappa shape index (κ3) is 5.46. The first-order valence-electron chi connectivity index (χ1n) is 12.9. The van der Waals surface area contributed by atoms with E-state index in [1.165, 1.54) is 24.3 Å². The molecule has 0 aromatic heterocycles. The molecule has 0 fully saturated rings. The summed E-state index contributed by atoms with van der Waals surface area (Å²) in [5, 5.41) is 1.21. The lowest BCUT2D eigenvalue weighted by Crippen LogP contribution is -2.00. The minimum atomic E-state index is -0.352. The van der Waals surface area contributed by atoms with Gasteiger partial charge in [-0.3, -0.25) is 0 Å². The molecule has 0 atom stereocenters. The molecule has 0 radical (unpaired) electrons. The standard InChI is InChI=1S/C36H21BrCl2F2/c37-36-34(24-14-18-29(40)19-15-24)33(26-9-5-11-30(41)21-26)31(22-6-2-1-3-7-22)32(23-12-16-27(38)17-13-23)35(36)25-8-4-10-28(39)20-25/h1-21H. The van der Waals surface area contributed by atoms with E-state index in [1.807, 2.05) is 84.9 Å². The maximum atomic E-state index is 14.8. The highest BCUT2D eigenvalue weighted by atomic mass is 79.9. The van der Waals surface area contributed by atoms with Gasteiger partial charge in [-0.05, 0) is 109 Å². The highest BCUT2D eigenvalue weighted by molar-refractivity contribution is 9.10. The van der Waals surface area contributed by atoms with E-state index in [0.29, 0.717) is 15.6 Å². The van der Waals surface area contributed by atoms with Crippen LogP contribution < -0.4 is 0 Å². The Labute approximate surface area is 256 Å². The predicted molar refractivity (Wildman–Crippen MR) is 171 cm³/mol. The lowest BCUT2D eigenvalue weighted by atomic mass is 9.79. The van der Waals surface area contributed by atoms with Crippen molar-refractivity contribution in [1.82, 2.24) is 0 Å². The molecule has 0 unspecified atom stereocenters. The number of rotatable bonds is 5. The van der Waals surface area contributed by atoms with Crippen LogP contribution in [0.4, 0.5) is 8.78 Å². The summed E-state index contributed by atoms with van der Waals surface area (Å²) in [7, 11) is 0. The molecule has 0 aliphatic carbocycles. The van der Waals surface area contributed by atoms with E-state index in [1.54, 1.807) is 18.2 Å². The fraction of sp³-hybridized carbons (Fsp3) is 0. The van der Waals surface area contributed by atoms with Crippen LogP contribution in [0.3, 0.4) is 0 Å². The van der Waals surface area contributed by atoms with E-state index in [9.17, 15) is 8.78 Å². The minimum Gasteiger partial charge on any atom is -0.207 e. The van der Waals surface area contributed by atoms with Crippen LogP contribution in [0.5, 0.6) is 0 Å². The molecule has 0 nitrogen and oxygen atoms in total. The molecule has 0 bridgehead atoms. The van der Waals surface area contributed by atoms with Crippen molar-refractivity contribution in [1.29, 1.82) is 0 Å². The van der Waals surface area contributed by atoms with E-state index >= 15 is 0 Å². The van der Waals surface area contributed by atoms with Crippen LogP contribution in [0.25, 0.3) is 55.6 Å². The molecular weight excluding hydrogens is 621 g/mol. The van der Waals surface area contributed by atoms with Crippen LogP contribution in [0.2, 0.25) is 10.0 Å². The van der Waals surface area contributed by atoms with Crippen molar-refractivity contribution in [2.24, 2.45) is 0 Å². The fourth-order valence-corrected chi connectivity index (χ4v) is 6.42. The molecule has 6 aromatic carbocycles. The van der Waals surface area contributed by atoms with Crippen LogP contribution in [0.15, 0.2) is 132 Å². The average molecular weight is 642 g/mol. The van der Waals surface area contributed by atoms with Crippen molar-refractivity contribution in [3.8, 4) is 55.6 Å². The molecular formula is C36H21BrCl2F2. The zero-order valence-electron chi connectivity index (χ0n) is 21.5. The topological polar surface area (TPSA) is 0 Å². The van der Waals surface area contributed by atoms with E-state index in [-0.39, 0.29) is 11.6 Å². The van der Waals surface area contributed by atoms with Gasteiger partial charge in [0, 0.05) is 25.6 Å². The van der Waals surface area contributed by atoms with Crippen LogP contribution >= 0.6 is 39.1 Å². The molecule has 0 spiro atoms. The van der Waals surface area contributed by atoms with E-state index < -0.39 is 0 Å². The maximum absolute atomic E-state index is 14.8. The van der Waals surface area contributed by atoms with Gasteiger partial charge in [-0.2, -0.15) is 0 Å². The molecule has 0 amide bonds. The molecule has 0 saturated carbocycles. The predicted octanol–water partition coefficient (Wildman–Crippen LogP) is 12.4. The molecule has 0 heterocycles. The van der Waals surface area contributed by atoms with E-state index in [2.05, 4.69) is 15.9 Å². The highest BCUT2D eigenvalue weighted by Gasteiger charge is 2.27. The Kier molecular flexibility index (Phi) is 7.77. The molecule has 6 aromatic rings. The fourth-order valence-electron chi connectivity index (χ4n) is 5.25. The molecule has 41 heavy (non-hydrogen) atoms. The second-order valence-corrected chi connectivity index (χ2v) is 11.3. The highest BCUT2D eigenvalue weighted by Crippen LogP contribution is 2.54. The summed E-state index contributed by atoms with van der Waals surface area (Å²) in [4.78, 5) is 0. The van der Waals surface area contributed by atoms with Crippen molar-refractivity contribution in [3.63, 3.8) is 0 Å². The Balaban J connectivity index is 1.89. The van der Waals surface area contributed by atoms with Gasteiger partial charge in [0.2, 0.25) is 0 Å². The summed E-state index contributed by atoms with van der Waals surface area (Å²) in [6.45, 7) is 0. The Morgan fingerprint density at radius 2 is 0.878 bits per heavy atom. The Morgan fingerprint density at radius 3 is 1.54 bits per heavy atom. The maximum Gasteiger partial charge on any atom is 0.123 e. The third-order valence-corrected chi connectivity index (χ3v) is 8.27. The summed E-state index contributed by atoms with van der Waals surface area (Å²) in [5.41, 5.74) is 8.56. The number of hydrogen-bond donors (Lipinski definition) is 0. The van der Waals surface area contributed by atoms with Crippen molar-refractivity contribution in [2.75, 3.05) is 0 Å². The molecule has 200 valence electrons. The van der Waals surface area contributed by atoms with Crippen LogP contribution in [-0.2, 0) is 0 Å². The number of halogens is 5. The Morgan fingerprint density at radius 1 is 0.390 bits per heavy atom. The molecule has 5 heteroatoms. The van der Waals surface area contributed by atoms with E-state index in [4.69, 9.17) is 23.2 Å². The van der Waals surface area contributed by atoms with Gasteiger partial charge in [-0.1, -0.05) is 102 Å². The lowest BCUT2D eigenvalue weighted by molar-refractivity contribution is 0.628. The summed E-state index contributed by atoms with van der Waals surface area (Å²) in [5.74, 6) is -0.692. The normalized spacial score (nSPS) is 11.0. The second-order valence-electron chi connectivity index (χ2n) is 9.59. The quantitative estimate of drug-likeness (QED) is 0.176. The molecule has 0 aliphatic heterocycles. The molecule has 0 saturated heterocycles. The van der Waals surface area contributed by atoms with Gasteiger partial charge in [0.25, 0.3) is 0 Å². The van der Waals surface area contributed by atoms with Gasteiger partial charge >= 0.3 is 0 Å². The first-order chi connectivity index (χ1) is 19.9. The first kappa shape index (κ1) is 27.4. The Bertz CT molecular complexity index is 1870. The van der Waals surface area contributed by atoms with Gasteiger partial charge in [-0.25, -0.2) is 8.78 Å². The molecule has 0 aliphatic rings. The largest absolute Gasteiger partial charge is 0.207 e. The van der Waals surface area contributed by atoms with Gasteiger partial charge in [0.05, 0.1) is 0 Å². The molecule has 6 rings (SSSR count). The van der Waals surface area contributed by atoms with Gasteiger partial charge in [0.15, 0.2) is 0 Å². The SMILES string of the molecule is Fc1ccc(-c2c(Br)c(-c3cccc(Cl)c3)c(-c3ccc(Cl)cc3)c(-c3ccccc3)c2-c2cccc(F)c2)cc1. The zero-order chi connectivity index (χ0) is 28.5. The molecule has 0 N–H and O–H groups in total. The van der Waals surface area contributed by atoms with Crippen LogP contribution in [0, 0.1) is 11.6 Å². The summed E-state index contributed by atoms with van der Waals surface area (Å²) < 4.78 is 29.8. The first-order valence-corrected chi connectivity index (χ1v) is 14.4. The lowest BCUT2D eigenvalue weighted by Gasteiger charge is -2.26. The minimum absolute atomic E-state index is 0.340. The number of hydrogen-bond acceptors (Lipinski definition) is 0. The van der Waals surface area contributed by atoms with E-state index in [0.717, 1.165) is 54.5 Å². The van der Waals surface area contributed by atoms with Crippen molar-refractivity contribution >= 4 is 39.1 Å². The number of benzene rings is 6. The van der Waals surface area contributed by atoms with Gasteiger partial charge in [-0.15, -0.1) is 0 Å². The zero-order valence-corrected chi connectivity index (χ0v) is 24.6. The van der Waals surface area contributed by atoms with Crippen molar-refractivity contribution < 1.29 is 8.78 Å². The summed E-state index contributed by atoms with van der Waals surface area (Å²) >= 11 is 16.8. The summed E-state index contributed by atoms with van der Waals surface area (Å²) in [6, 6.07) is 38.3. The smallest absolute Gasteiger partial charge is 0.123 e. The van der Waals surface area contributed by atoms with Gasteiger partial charge < -0.3 is 0 Å². The third-order valence-electron chi connectivity index (χ3n) is 6.99. The second kappa shape index (κ2) is 11.6. The van der Waals surface area contributed by atoms with Crippen LogP contribution in [-0.4, -0.2) is 0 Å². The Hall–Kier alpha value is -3.76. The summed E-state index contributed by atoms with van der Waals surface area (Å²) in [6.07, 6.45) is 0. The van der Waals surface area contributed by atoms with Crippen molar-refractivity contribution in [2.45, 2.75) is 0 Å². The van der Waals surface area contributed by atoms with Gasteiger partial charge in [0.1, 0.15) is 11.6 Å². The van der Waals surface area contributed by atoms with Crippen molar-refractivity contribution in [3.05, 3.63) is 154 Å².